The first-order valence-electron chi connectivity index (χ1n) is 7.64. The fourth-order valence-corrected chi connectivity index (χ4v) is 3.86. The molecule has 3 unspecified atom stereocenters. The second-order valence-electron chi connectivity index (χ2n) is 6.28. The maximum atomic E-state index is 11.1. The summed E-state index contributed by atoms with van der Waals surface area (Å²) in [7, 11) is 0. The minimum absolute atomic E-state index is 0.0105. The molecule has 0 aliphatic heterocycles. The van der Waals surface area contributed by atoms with Crippen LogP contribution in [0.1, 0.15) is 59.4 Å². The van der Waals surface area contributed by atoms with Crippen LogP contribution in [-0.4, -0.2) is 28.8 Å². The highest BCUT2D eigenvalue weighted by molar-refractivity contribution is 7.13. The molecule has 0 bridgehead atoms. The van der Waals surface area contributed by atoms with E-state index in [-0.39, 0.29) is 17.9 Å². The maximum Gasteiger partial charge on any atom is 0.347 e. The van der Waals surface area contributed by atoms with E-state index >= 15 is 0 Å². The third kappa shape index (κ3) is 3.84. The summed E-state index contributed by atoms with van der Waals surface area (Å²) in [5.41, 5.74) is 0.569. The van der Waals surface area contributed by atoms with Crippen LogP contribution in [0.2, 0.25) is 0 Å². The Morgan fingerprint density at radius 3 is 2.82 bits per heavy atom. The molecule has 0 spiro atoms. The van der Waals surface area contributed by atoms with Gasteiger partial charge < -0.3 is 9.84 Å². The van der Waals surface area contributed by atoms with Gasteiger partial charge in [-0.2, -0.15) is 5.26 Å². The molecule has 5 nitrogen and oxygen atoms in total. The predicted octanol–water partition coefficient (Wildman–Crippen LogP) is 3.60. The minimum Gasteiger partial charge on any atom is -0.477 e. The minimum atomic E-state index is -0.924. The van der Waals surface area contributed by atoms with E-state index in [9.17, 15) is 10.1 Å². The third-order valence-electron chi connectivity index (χ3n) is 3.95. The molecule has 2 rings (SSSR count). The fraction of sp³-hybridized carbons (Fsp3) is 0.688. The molecular weight excluding hydrogens is 300 g/mol. The Morgan fingerprint density at radius 2 is 2.27 bits per heavy atom. The van der Waals surface area contributed by atoms with Gasteiger partial charge in [0, 0.05) is 12.5 Å². The van der Waals surface area contributed by atoms with E-state index in [1.807, 2.05) is 0 Å². The van der Waals surface area contributed by atoms with Crippen molar-refractivity contribution < 1.29 is 14.6 Å². The summed E-state index contributed by atoms with van der Waals surface area (Å²) in [6.07, 6.45) is 2.41. The maximum absolute atomic E-state index is 11.1. The van der Waals surface area contributed by atoms with Crippen molar-refractivity contribution in [1.82, 2.24) is 4.98 Å². The quantitative estimate of drug-likeness (QED) is 0.895. The molecule has 1 N–H and O–H groups in total. The highest BCUT2D eigenvalue weighted by atomic mass is 32.1. The number of thiazole rings is 1. The van der Waals surface area contributed by atoms with Gasteiger partial charge in [0.1, 0.15) is 4.88 Å². The Hall–Kier alpha value is -1.45. The van der Waals surface area contributed by atoms with Gasteiger partial charge >= 0.3 is 5.97 Å². The van der Waals surface area contributed by atoms with Crippen molar-refractivity contribution in [2.75, 3.05) is 6.61 Å². The van der Waals surface area contributed by atoms with Gasteiger partial charge in [-0.15, -0.1) is 11.3 Å². The molecule has 1 heterocycles. The molecule has 1 fully saturated rings. The molecular formula is C16H22N2O3S. The molecule has 3 atom stereocenters. The number of hydrogen-bond acceptors (Lipinski definition) is 5. The number of aromatic carboxylic acids is 1. The normalized spacial score (nSPS) is 25.1. The SMILES string of the molecule is Cc1nc(C2CCC(OCC(C)C)C(C#N)C2)sc1C(=O)O. The Kier molecular flexibility index (Phi) is 5.54. The van der Waals surface area contributed by atoms with Crippen LogP contribution < -0.4 is 0 Å². The van der Waals surface area contributed by atoms with Crippen molar-refractivity contribution in [3.63, 3.8) is 0 Å². The van der Waals surface area contributed by atoms with Crippen LogP contribution in [0, 0.1) is 30.1 Å². The summed E-state index contributed by atoms with van der Waals surface area (Å²) in [4.78, 5) is 15.9. The molecule has 0 radical (unpaired) electrons. The van der Waals surface area contributed by atoms with Crippen molar-refractivity contribution in [3.05, 3.63) is 15.6 Å². The predicted molar refractivity (Wildman–Crippen MR) is 84.1 cm³/mol. The van der Waals surface area contributed by atoms with Gasteiger partial charge in [-0.25, -0.2) is 9.78 Å². The molecule has 0 amide bonds. The van der Waals surface area contributed by atoms with E-state index in [0.717, 1.165) is 17.8 Å². The number of carboxylic acid groups (broad SMARTS) is 1. The number of carbonyl (C=O) groups is 1. The van der Waals surface area contributed by atoms with Crippen molar-refractivity contribution in [2.45, 2.75) is 52.1 Å². The zero-order valence-corrected chi connectivity index (χ0v) is 14.0. The second kappa shape index (κ2) is 7.21. The fourth-order valence-electron chi connectivity index (χ4n) is 2.81. The highest BCUT2D eigenvalue weighted by Crippen LogP contribution is 2.39. The first kappa shape index (κ1) is 16.9. The summed E-state index contributed by atoms with van der Waals surface area (Å²) in [5, 5.41) is 19.4. The monoisotopic (exact) mass is 322 g/mol. The molecule has 1 aliphatic rings. The van der Waals surface area contributed by atoms with E-state index in [2.05, 4.69) is 24.9 Å². The summed E-state index contributed by atoms with van der Waals surface area (Å²) in [6, 6.07) is 2.36. The molecule has 1 aromatic heterocycles. The Bertz CT molecular complexity index is 576. The van der Waals surface area contributed by atoms with Gasteiger partial charge in [0.05, 0.1) is 28.8 Å². The summed E-state index contributed by atoms with van der Waals surface area (Å²) < 4.78 is 5.87. The molecule has 22 heavy (non-hydrogen) atoms. The van der Waals surface area contributed by atoms with Crippen LogP contribution >= 0.6 is 11.3 Å². The van der Waals surface area contributed by atoms with E-state index in [4.69, 9.17) is 9.84 Å². The standard InChI is InChI=1S/C16H22N2O3S/c1-9(2)8-21-13-5-4-11(6-12(13)7-17)15-18-10(3)14(22-15)16(19)20/h9,11-13H,4-6,8H2,1-3H3,(H,19,20). The molecule has 1 aliphatic carbocycles. The number of ether oxygens (including phenoxy) is 1. The number of nitriles is 1. The second-order valence-corrected chi connectivity index (χ2v) is 7.31. The zero-order valence-electron chi connectivity index (χ0n) is 13.2. The van der Waals surface area contributed by atoms with Gasteiger partial charge in [0.2, 0.25) is 0 Å². The lowest BCUT2D eigenvalue weighted by molar-refractivity contribution is -0.0108. The summed E-state index contributed by atoms with van der Waals surface area (Å²) in [5.74, 6) is -0.445. The van der Waals surface area contributed by atoms with Crippen LogP contribution in [0.3, 0.4) is 0 Å². The molecule has 1 aromatic rings. The largest absolute Gasteiger partial charge is 0.477 e. The van der Waals surface area contributed by atoms with E-state index < -0.39 is 5.97 Å². The van der Waals surface area contributed by atoms with Crippen LogP contribution in [-0.2, 0) is 4.74 Å². The van der Waals surface area contributed by atoms with Crippen molar-refractivity contribution in [1.29, 1.82) is 5.26 Å². The van der Waals surface area contributed by atoms with Crippen LogP contribution in [0.5, 0.6) is 0 Å². The van der Waals surface area contributed by atoms with Gasteiger partial charge in [0.15, 0.2) is 0 Å². The van der Waals surface area contributed by atoms with Crippen LogP contribution in [0.4, 0.5) is 0 Å². The van der Waals surface area contributed by atoms with E-state index in [1.165, 1.54) is 11.3 Å². The first-order valence-corrected chi connectivity index (χ1v) is 8.45. The van der Waals surface area contributed by atoms with Crippen molar-refractivity contribution in [3.8, 4) is 6.07 Å². The van der Waals surface area contributed by atoms with Gasteiger partial charge in [-0.1, -0.05) is 13.8 Å². The van der Waals surface area contributed by atoms with Crippen LogP contribution in [0.25, 0.3) is 0 Å². The number of hydrogen-bond donors (Lipinski definition) is 1. The third-order valence-corrected chi connectivity index (χ3v) is 5.26. The lowest BCUT2D eigenvalue weighted by Gasteiger charge is -2.32. The zero-order chi connectivity index (χ0) is 16.3. The molecule has 1 saturated carbocycles. The van der Waals surface area contributed by atoms with Crippen LogP contribution in [0.15, 0.2) is 0 Å². The lowest BCUT2D eigenvalue weighted by Crippen LogP contribution is -2.31. The lowest BCUT2D eigenvalue weighted by atomic mass is 9.80. The number of aryl methyl sites for hydroxylation is 1. The number of carboxylic acids is 1. The Morgan fingerprint density at radius 1 is 1.55 bits per heavy atom. The average molecular weight is 322 g/mol. The molecule has 120 valence electrons. The van der Waals surface area contributed by atoms with E-state index in [0.29, 0.717) is 29.5 Å². The summed E-state index contributed by atoms with van der Waals surface area (Å²) in [6.45, 7) is 6.59. The molecule has 0 saturated heterocycles. The molecule has 0 aromatic carbocycles. The van der Waals surface area contributed by atoms with E-state index in [1.54, 1.807) is 6.92 Å². The average Bonchev–Trinajstić information content (AvgIpc) is 2.87. The van der Waals surface area contributed by atoms with Gasteiger partial charge in [-0.3, -0.25) is 0 Å². The molecule has 6 heteroatoms. The summed E-state index contributed by atoms with van der Waals surface area (Å²) >= 11 is 1.25. The highest BCUT2D eigenvalue weighted by Gasteiger charge is 2.34. The smallest absolute Gasteiger partial charge is 0.347 e. The van der Waals surface area contributed by atoms with Gasteiger partial charge in [0.25, 0.3) is 0 Å². The first-order chi connectivity index (χ1) is 10.4. The topological polar surface area (TPSA) is 83.2 Å². The Balaban J connectivity index is 2.06. The Labute approximate surface area is 134 Å². The number of rotatable bonds is 5. The van der Waals surface area contributed by atoms with Crippen molar-refractivity contribution in [2.24, 2.45) is 11.8 Å². The van der Waals surface area contributed by atoms with Gasteiger partial charge in [-0.05, 0) is 32.1 Å². The number of nitrogens with zero attached hydrogens (tertiary/aromatic N) is 2. The number of aromatic nitrogens is 1. The van der Waals surface area contributed by atoms with Crippen molar-refractivity contribution >= 4 is 17.3 Å².